The van der Waals surface area contributed by atoms with Crippen molar-refractivity contribution < 1.29 is 9.59 Å². The fourth-order valence-corrected chi connectivity index (χ4v) is 1.69. The number of hydrogen-bond donors (Lipinski definition) is 2. The molecule has 4 nitrogen and oxygen atoms in total. The van der Waals surface area contributed by atoms with Crippen molar-refractivity contribution >= 4 is 27.7 Å². The molecule has 0 aliphatic carbocycles. The molecule has 0 saturated heterocycles. The van der Waals surface area contributed by atoms with Crippen molar-refractivity contribution in [2.45, 2.75) is 13.3 Å². The maximum Gasteiger partial charge on any atom is 0.252 e. The van der Waals surface area contributed by atoms with Crippen LogP contribution in [0.1, 0.15) is 23.7 Å². The minimum Gasteiger partial charge on any atom is -0.355 e. The maximum absolute atomic E-state index is 11.7. The molecule has 1 aromatic rings. The predicted octanol–water partition coefficient (Wildman–Crippen LogP) is 1.71. The average molecular weight is 299 g/mol. The molecular formula is C12H15BrN2O2. The Hall–Kier alpha value is -1.36. The second kappa shape index (κ2) is 7.06. The summed E-state index contributed by atoms with van der Waals surface area (Å²) < 4.78 is 0.714. The van der Waals surface area contributed by atoms with Crippen LogP contribution < -0.4 is 10.6 Å². The standard InChI is InChI=1S/C12H15BrN2O2/c1-2-7-14-11(16)8-15-12(17)9-5-3-4-6-10(9)13/h3-6H,2,7-8H2,1H3,(H,14,16)(H,15,17). The maximum atomic E-state index is 11.7. The fourth-order valence-electron chi connectivity index (χ4n) is 1.23. The summed E-state index contributed by atoms with van der Waals surface area (Å²) in [5.74, 6) is -0.434. The van der Waals surface area contributed by atoms with Gasteiger partial charge in [-0.15, -0.1) is 0 Å². The molecule has 0 radical (unpaired) electrons. The molecular weight excluding hydrogens is 284 g/mol. The minimum absolute atomic E-state index is 0.000166. The molecule has 0 unspecified atom stereocenters. The topological polar surface area (TPSA) is 58.2 Å². The molecule has 17 heavy (non-hydrogen) atoms. The zero-order valence-electron chi connectivity index (χ0n) is 9.63. The van der Waals surface area contributed by atoms with Crippen LogP contribution in [0.2, 0.25) is 0 Å². The van der Waals surface area contributed by atoms with Gasteiger partial charge in [-0.1, -0.05) is 19.1 Å². The molecule has 0 aliphatic heterocycles. The van der Waals surface area contributed by atoms with Crippen LogP contribution in [0.3, 0.4) is 0 Å². The van der Waals surface area contributed by atoms with Gasteiger partial charge in [-0.25, -0.2) is 0 Å². The minimum atomic E-state index is -0.260. The van der Waals surface area contributed by atoms with Gasteiger partial charge in [-0.2, -0.15) is 0 Å². The summed E-state index contributed by atoms with van der Waals surface area (Å²) in [6, 6.07) is 7.08. The Morgan fingerprint density at radius 3 is 2.59 bits per heavy atom. The van der Waals surface area contributed by atoms with Crippen LogP contribution >= 0.6 is 15.9 Å². The van der Waals surface area contributed by atoms with Gasteiger partial charge in [-0.3, -0.25) is 9.59 Å². The van der Waals surface area contributed by atoms with Crippen LogP contribution in [-0.2, 0) is 4.79 Å². The highest BCUT2D eigenvalue weighted by atomic mass is 79.9. The van der Waals surface area contributed by atoms with Crippen molar-refractivity contribution in [2.24, 2.45) is 0 Å². The van der Waals surface area contributed by atoms with E-state index in [0.29, 0.717) is 16.6 Å². The van der Waals surface area contributed by atoms with E-state index in [9.17, 15) is 9.59 Å². The number of halogens is 1. The first-order valence-electron chi connectivity index (χ1n) is 5.44. The van der Waals surface area contributed by atoms with E-state index in [0.717, 1.165) is 6.42 Å². The average Bonchev–Trinajstić information content (AvgIpc) is 2.34. The van der Waals surface area contributed by atoms with Gasteiger partial charge in [0, 0.05) is 11.0 Å². The zero-order valence-corrected chi connectivity index (χ0v) is 11.2. The first-order valence-corrected chi connectivity index (χ1v) is 6.24. The number of rotatable bonds is 5. The van der Waals surface area contributed by atoms with Crippen LogP contribution in [0.25, 0.3) is 0 Å². The summed E-state index contributed by atoms with van der Waals surface area (Å²) in [5.41, 5.74) is 0.524. The molecule has 0 heterocycles. The van der Waals surface area contributed by atoms with Gasteiger partial charge in [0.1, 0.15) is 0 Å². The highest BCUT2D eigenvalue weighted by molar-refractivity contribution is 9.10. The molecule has 1 aromatic carbocycles. The van der Waals surface area contributed by atoms with Crippen molar-refractivity contribution in [3.63, 3.8) is 0 Å². The van der Waals surface area contributed by atoms with E-state index in [4.69, 9.17) is 0 Å². The largest absolute Gasteiger partial charge is 0.355 e. The van der Waals surface area contributed by atoms with E-state index >= 15 is 0 Å². The molecule has 0 aliphatic rings. The predicted molar refractivity (Wildman–Crippen MR) is 69.8 cm³/mol. The Bertz CT molecular complexity index is 407. The van der Waals surface area contributed by atoms with Crippen molar-refractivity contribution in [1.82, 2.24) is 10.6 Å². The molecule has 5 heteroatoms. The van der Waals surface area contributed by atoms with E-state index in [1.807, 2.05) is 13.0 Å². The van der Waals surface area contributed by atoms with Crippen molar-refractivity contribution in [3.05, 3.63) is 34.3 Å². The van der Waals surface area contributed by atoms with E-state index in [2.05, 4.69) is 26.6 Å². The highest BCUT2D eigenvalue weighted by Gasteiger charge is 2.09. The number of hydrogen-bond acceptors (Lipinski definition) is 2. The smallest absolute Gasteiger partial charge is 0.252 e. The van der Waals surface area contributed by atoms with Crippen LogP contribution in [0.15, 0.2) is 28.7 Å². The molecule has 0 aromatic heterocycles. The number of nitrogens with one attached hydrogen (secondary N) is 2. The molecule has 1 rings (SSSR count). The first-order chi connectivity index (χ1) is 8.15. The Morgan fingerprint density at radius 2 is 1.94 bits per heavy atom. The summed E-state index contributed by atoms with van der Waals surface area (Å²) in [6.07, 6.45) is 0.879. The molecule has 0 bridgehead atoms. The van der Waals surface area contributed by atoms with E-state index in [-0.39, 0.29) is 18.4 Å². The lowest BCUT2D eigenvalue weighted by Gasteiger charge is -2.07. The second-order valence-electron chi connectivity index (χ2n) is 3.51. The van der Waals surface area contributed by atoms with E-state index in [1.54, 1.807) is 18.2 Å². The third kappa shape index (κ3) is 4.56. The molecule has 0 saturated carbocycles. The third-order valence-corrected chi connectivity index (χ3v) is 2.79. The van der Waals surface area contributed by atoms with Gasteiger partial charge >= 0.3 is 0 Å². The van der Waals surface area contributed by atoms with Crippen molar-refractivity contribution in [2.75, 3.05) is 13.1 Å². The number of benzene rings is 1. The van der Waals surface area contributed by atoms with Crippen LogP contribution in [-0.4, -0.2) is 24.9 Å². The SMILES string of the molecule is CCCNC(=O)CNC(=O)c1ccccc1Br. The molecule has 2 amide bonds. The van der Waals surface area contributed by atoms with Gasteiger partial charge in [-0.05, 0) is 34.5 Å². The molecule has 92 valence electrons. The third-order valence-electron chi connectivity index (χ3n) is 2.10. The fraction of sp³-hybridized carbons (Fsp3) is 0.333. The second-order valence-corrected chi connectivity index (χ2v) is 4.37. The van der Waals surface area contributed by atoms with Gasteiger partial charge in [0.05, 0.1) is 12.1 Å². The lowest BCUT2D eigenvalue weighted by molar-refractivity contribution is -0.120. The number of amides is 2. The van der Waals surface area contributed by atoms with Crippen molar-refractivity contribution in [3.8, 4) is 0 Å². The van der Waals surface area contributed by atoms with E-state index in [1.165, 1.54) is 0 Å². The summed E-state index contributed by atoms with van der Waals surface area (Å²) in [7, 11) is 0. The van der Waals surface area contributed by atoms with Crippen molar-refractivity contribution in [1.29, 1.82) is 0 Å². The quantitative estimate of drug-likeness (QED) is 0.869. The summed E-state index contributed by atoms with van der Waals surface area (Å²) in [6.45, 7) is 2.60. The normalized spacial score (nSPS) is 9.76. The van der Waals surface area contributed by atoms with Gasteiger partial charge in [0.2, 0.25) is 5.91 Å². The lowest BCUT2D eigenvalue weighted by Crippen LogP contribution is -2.37. The molecule has 0 spiro atoms. The monoisotopic (exact) mass is 298 g/mol. The van der Waals surface area contributed by atoms with Crippen LogP contribution in [0, 0.1) is 0 Å². The Morgan fingerprint density at radius 1 is 1.24 bits per heavy atom. The number of carbonyl (C=O) groups excluding carboxylic acids is 2. The van der Waals surface area contributed by atoms with E-state index < -0.39 is 0 Å². The summed E-state index contributed by atoms with van der Waals surface area (Å²) >= 11 is 3.28. The molecule has 2 N–H and O–H groups in total. The van der Waals surface area contributed by atoms with Gasteiger partial charge < -0.3 is 10.6 Å². The van der Waals surface area contributed by atoms with Gasteiger partial charge in [0.25, 0.3) is 5.91 Å². The summed E-state index contributed by atoms with van der Waals surface area (Å²) in [4.78, 5) is 23.0. The Balaban J connectivity index is 2.45. The van der Waals surface area contributed by atoms with Crippen LogP contribution in [0.4, 0.5) is 0 Å². The number of carbonyl (C=O) groups is 2. The molecule has 0 fully saturated rings. The molecule has 0 atom stereocenters. The highest BCUT2D eigenvalue weighted by Crippen LogP contribution is 2.15. The van der Waals surface area contributed by atoms with Gasteiger partial charge in [0.15, 0.2) is 0 Å². The Labute approximate surface area is 109 Å². The zero-order chi connectivity index (χ0) is 12.7. The summed E-state index contributed by atoms with van der Waals surface area (Å²) in [5, 5.41) is 5.26. The first kappa shape index (κ1) is 13.7. The Kier molecular flexibility index (Phi) is 5.69. The van der Waals surface area contributed by atoms with Crippen LogP contribution in [0.5, 0.6) is 0 Å². The lowest BCUT2D eigenvalue weighted by atomic mass is 10.2.